The first kappa shape index (κ1) is 23.3. The minimum Gasteiger partial charge on any atom is -0.490 e. The van der Waals surface area contributed by atoms with Crippen LogP contribution in [0.4, 0.5) is 5.69 Å². The van der Waals surface area contributed by atoms with Gasteiger partial charge in [0.05, 0.1) is 19.8 Å². The maximum Gasteiger partial charge on any atom is 0.254 e. The molecular formula is C24H32N2O4. The van der Waals surface area contributed by atoms with Crippen molar-refractivity contribution in [2.45, 2.75) is 34.6 Å². The Hall–Kier alpha value is -3.02. The number of benzene rings is 2. The predicted octanol–water partition coefficient (Wildman–Crippen LogP) is 4.45. The second-order valence-corrected chi connectivity index (χ2v) is 7.83. The van der Waals surface area contributed by atoms with E-state index in [4.69, 9.17) is 9.47 Å². The highest BCUT2D eigenvalue weighted by Crippen LogP contribution is 2.29. The number of nitrogens with one attached hydrogen (secondary N) is 1. The third kappa shape index (κ3) is 6.51. The van der Waals surface area contributed by atoms with Crippen LogP contribution in [0.1, 0.15) is 42.3 Å². The van der Waals surface area contributed by atoms with Crippen molar-refractivity contribution in [2.75, 3.05) is 32.1 Å². The molecule has 0 heterocycles. The first-order valence-corrected chi connectivity index (χ1v) is 10.2. The van der Waals surface area contributed by atoms with Crippen LogP contribution in [0, 0.1) is 19.8 Å². The molecule has 30 heavy (non-hydrogen) atoms. The van der Waals surface area contributed by atoms with E-state index in [1.165, 1.54) is 4.90 Å². The molecule has 6 heteroatoms. The number of nitrogens with zero attached hydrogens (tertiary/aromatic N) is 1. The smallest absolute Gasteiger partial charge is 0.254 e. The van der Waals surface area contributed by atoms with Crippen molar-refractivity contribution in [1.29, 1.82) is 0 Å². The summed E-state index contributed by atoms with van der Waals surface area (Å²) in [6.07, 6.45) is 0. The van der Waals surface area contributed by atoms with Gasteiger partial charge in [-0.15, -0.1) is 0 Å². The van der Waals surface area contributed by atoms with Gasteiger partial charge in [0.25, 0.3) is 5.91 Å². The zero-order valence-electron chi connectivity index (χ0n) is 18.7. The largest absolute Gasteiger partial charge is 0.490 e. The number of ether oxygens (including phenoxy) is 2. The molecule has 0 atom stereocenters. The predicted molar refractivity (Wildman–Crippen MR) is 119 cm³/mol. The van der Waals surface area contributed by atoms with Crippen molar-refractivity contribution < 1.29 is 19.1 Å². The van der Waals surface area contributed by atoms with Crippen LogP contribution in [-0.2, 0) is 4.79 Å². The Morgan fingerprint density at radius 2 is 1.77 bits per heavy atom. The molecule has 2 aromatic carbocycles. The molecule has 0 spiro atoms. The average molecular weight is 413 g/mol. The van der Waals surface area contributed by atoms with Gasteiger partial charge in [-0.1, -0.05) is 26.0 Å². The molecule has 0 radical (unpaired) electrons. The van der Waals surface area contributed by atoms with E-state index in [-0.39, 0.29) is 18.4 Å². The maximum atomic E-state index is 12.8. The van der Waals surface area contributed by atoms with Gasteiger partial charge in [0, 0.05) is 18.3 Å². The summed E-state index contributed by atoms with van der Waals surface area (Å²) in [6, 6.07) is 11.0. The van der Waals surface area contributed by atoms with Crippen molar-refractivity contribution in [3.05, 3.63) is 53.1 Å². The van der Waals surface area contributed by atoms with Gasteiger partial charge in [-0.25, -0.2) is 0 Å². The molecule has 0 aliphatic heterocycles. The Morgan fingerprint density at radius 3 is 2.43 bits per heavy atom. The summed E-state index contributed by atoms with van der Waals surface area (Å²) in [5, 5.41) is 2.88. The van der Waals surface area contributed by atoms with Gasteiger partial charge in [-0.05, 0) is 62.1 Å². The molecule has 2 rings (SSSR count). The van der Waals surface area contributed by atoms with Gasteiger partial charge >= 0.3 is 0 Å². The number of carbonyl (C=O) groups is 2. The fourth-order valence-corrected chi connectivity index (χ4v) is 2.85. The van der Waals surface area contributed by atoms with Gasteiger partial charge in [0.15, 0.2) is 11.5 Å². The van der Waals surface area contributed by atoms with E-state index in [1.807, 2.05) is 39.0 Å². The number of carbonyl (C=O) groups excluding carboxylic acids is 2. The summed E-state index contributed by atoms with van der Waals surface area (Å²) in [6.45, 7) is 10.9. The third-order valence-electron chi connectivity index (χ3n) is 4.46. The highest BCUT2D eigenvalue weighted by Gasteiger charge is 2.18. The van der Waals surface area contributed by atoms with E-state index < -0.39 is 0 Å². The van der Waals surface area contributed by atoms with Crippen molar-refractivity contribution in [3.8, 4) is 11.5 Å². The Kier molecular flexibility index (Phi) is 8.27. The Balaban J connectivity index is 2.08. The Bertz CT molecular complexity index is 893. The molecule has 0 saturated heterocycles. The van der Waals surface area contributed by atoms with E-state index in [0.717, 1.165) is 16.8 Å². The van der Waals surface area contributed by atoms with Crippen LogP contribution in [0.25, 0.3) is 0 Å². The molecule has 0 saturated carbocycles. The van der Waals surface area contributed by atoms with Crippen LogP contribution >= 0.6 is 0 Å². The molecule has 162 valence electrons. The Labute approximate surface area is 179 Å². The summed E-state index contributed by atoms with van der Waals surface area (Å²) >= 11 is 0. The topological polar surface area (TPSA) is 67.9 Å². The van der Waals surface area contributed by atoms with Gasteiger partial charge in [-0.3, -0.25) is 9.59 Å². The first-order valence-electron chi connectivity index (χ1n) is 10.2. The number of hydrogen-bond donors (Lipinski definition) is 1. The van der Waals surface area contributed by atoms with Gasteiger partial charge in [0.1, 0.15) is 0 Å². The lowest BCUT2D eigenvalue weighted by Crippen LogP contribution is -2.35. The lowest BCUT2D eigenvalue weighted by atomic mass is 10.1. The minimum absolute atomic E-state index is 0.0538. The fraction of sp³-hybridized carbons (Fsp3) is 0.417. The van der Waals surface area contributed by atoms with Crippen LogP contribution in [0.15, 0.2) is 36.4 Å². The van der Waals surface area contributed by atoms with Gasteiger partial charge in [-0.2, -0.15) is 0 Å². The molecule has 0 fully saturated rings. The average Bonchev–Trinajstić information content (AvgIpc) is 2.69. The molecule has 0 aliphatic rings. The third-order valence-corrected chi connectivity index (χ3v) is 4.46. The number of anilines is 1. The lowest BCUT2D eigenvalue weighted by Gasteiger charge is -2.19. The quantitative estimate of drug-likeness (QED) is 0.661. The van der Waals surface area contributed by atoms with Crippen LogP contribution in [0.5, 0.6) is 11.5 Å². The van der Waals surface area contributed by atoms with E-state index in [1.54, 1.807) is 25.2 Å². The van der Waals surface area contributed by atoms with Crippen LogP contribution in [0.3, 0.4) is 0 Å². The molecule has 6 nitrogen and oxygen atoms in total. The van der Waals surface area contributed by atoms with Crippen molar-refractivity contribution in [2.24, 2.45) is 5.92 Å². The van der Waals surface area contributed by atoms with E-state index in [2.05, 4.69) is 19.2 Å². The highest BCUT2D eigenvalue weighted by molar-refractivity contribution is 5.99. The van der Waals surface area contributed by atoms with Crippen LogP contribution in [-0.4, -0.2) is 43.5 Å². The number of amides is 2. The fourth-order valence-electron chi connectivity index (χ4n) is 2.85. The zero-order valence-corrected chi connectivity index (χ0v) is 18.7. The van der Waals surface area contributed by atoms with Gasteiger partial charge in [0.2, 0.25) is 5.91 Å². The number of aryl methyl sites for hydroxylation is 2. The molecule has 0 unspecified atom stereocenters. The molecular weight excluding hydrogens is 380 g/mol. The molecule has 1 N–H and O–H groups in total. The zero-order chi connectivity index (χ0) is 22.3. The number of rotatable bonds is 9. The summed E-state index contributed by atoms with van der Waals surface area (Å²) < 4.78 is 11.4. The van der Waals surface area contributed by atoms with E-state index in [0.29, 0.717) is 36.2 Å². The molecule has 0 aromatic heterocycles. The normalized spacial score (nSPS) is 10.6. The van der Waals surface area contributed by atoms with E-state index >= 15 is 0 Å². The molecule has 0 aliphatic carbocycles. The molecule has 0 bridgehead atoms. The summed E-state index contributed by atoms with van der Waals surface area (Å²) in [4.78, 5) is 26.7. The summed E-state index contributed by atoms with van der Waals surface area (Å²) in [5.41, 5.74) is 3.23. The standard InChI is InChI=1S/C24H32N2O4/c1-7-29-22-13-19(10-11-21(22)30-15-16(2)3)24(28)26(6)14-23(27)25-20-12-17(4)8-9-18(20)5/h8-13,16H,7,14-15H2,1-6H3,(H,25,27). The monoisotopic (exact) mass is 412 g/mol. The molecule has 2 aromatic rings. The maximum absolute atomic E-state index is 12.8. The molecule has 2 amide bonds. The van der Waals surface area contributed by atoms with Crippen LogP contribution < -0.4 is 14.8 Å². The van der Waals surface area contributed by atoms with Crippen molar-refractivity contribution >= 4 is 17.5 Å². The highest BCUT2D eigenvalue weighted by atomic mass is 16.5. The van der Waals surface area contributed by atoms with Gasteiger partial charge < -0.3 is 19.7 Å². The number of likely N-dealkylation sites (N-methyl/N-ethyl adjacent to an activating group) is 1. The SMILES string of the molecule is CCOc1cc(C(=O)N(C)CC(=O)Nc2cc(C)ccc2C)ccc1OCC(C)C. The minimum atomic E-state index is -0.262. The van der Waals surface area contributed by atoms with Crippen molar-refractivity contribution in [1.82, 2.24) is 4.90 Å². The van der Waals surface area contributed by atoms with E-state index in [9.17, 15) is 9.59 Å². The summed E-state index contributed by atoms with van der Waals surface area (Å²) in [7, 11) is 1.61. The first-order chi connectivity index (χ1) is 14.2. The van der Waals surface area contributed by atoms with Crippen molar-refractivity contribution in [3.63, 3.8) is 0 Å². The number of hydrogen-bond acceptors (Lipinski definition) is 4. The second kappa shape index (κ2) is 10.7. The van der Waals surface area contributed by atoms with Crippen LogP contribution in [0.2, 0.25) is 0 Å². The summed E-state index contributed by atoms with van der Waals surface area (Å²) in [5.74, 6) is 1.00. The second-order valence-electron chi connectivity index (χ2n) is 7.83. The lowest BCUT2D eigenvalue weighted by molar-refractivity contribution is -0.116. The Morgan fingerprint density at radius 1 is 1.03 bits per heavy atom.